The Kier molecular flexibility index (Phi) is 12.1. The van der Waals surface area contributed by atoms with Crippen LogP contribution in [0, 0.1) is 11.8 Å². The van der Waals surface area contributed by atoms with Gasteiger partial charge < -0.3 is 39.9 Å². The van der Waals surface area contributed by atoms with Crippen LogP contribution in [-0.2, 0) is 19.1 Å². The van der Waals surface area contributed by atoms with Gasteiger partial charge in [0, 0.05) is 18.2 Å². The molecule has 0 unspecified atom stereocenters. The molecule has 6 atom stereocenters. The van der Waals surface area contributed by atoms with Crippen LogP contribution in [0.3, 0.4) is 0 Å². The van der Waals surface area contributed by atoms with Crippen molar-refractivity contribution in [1.82, 2.24) is 40.4 Å². The van der Waals surface area contributed by atoms with Gasteiger partial charge >= 0.3 is 12.2 Å². The number of fused-ring (bicyclic) bond motifs is 3. The maximum atomic E-state index is 13.7. The Morgan fingerprint density at radius 2 is 1.41 bits per heavy atom. The average Bonchev–Trinajstić information content (AvgIpc) is 4.09. The van der Waals surface area contributed by atoms with E-state index in [-0.39, 0.29) is 35.9 Å². The van der Waals surface area contributed by atoms with Gasteiger partial charge in [-0.1, -0.05) is 69.3 Å². The molecule has 1 saturated carbocycles. The Labute approximate surface area is 344 Å². The zero-order valence-corrected chi connectivity index (χ0v) is 34.7. The maximum Gasteiger partial charge on any atom is 0.407 e. The molecule has 4 amide bonds. The lowest BCUT2D eigenvalue weighted by molar-refractivity contribution is -0.138. The number of likely N-dealkylation sites (tertiary alicyclic amines) is 1. The fourth-order valence-electron chi connectivity index (χ4n) is 8.70. The van der Waals surface area contributed by atoms with E-state index in [0.29, 0.717) is 18.3 Å². The van der Waals surface area contributed by atoms with E-state index in [0.717, 1.165) is 75.9 Å². The van der Waals surface area contributed by atoms with Gasteiger partial charge in [0.1, 0.15) is 23.7 Å². The highest BCUT2D eigenvalue weighted by Crippen LogP contribution is 2.50. The topological polar surface area (TPSA) is 175 Å². The quantitative estimate of drug-likeness (QED) is 0.0935. The second kappa shape index (κ2) is 17.4. The molecule has 0 spiro atoms. The lowest BCUT2D eigenvalue weighted by atomic mass is 9.97. The second-order valence-corrected chi connectivity index (χ2v) is 16.1. The third-order valence-electron chi connectivity index (χ3n) is 11.9. The van der Waals surface area contributed by atoms with Crippen molar-refractivity contribution in [3.63, 3.8) is 0 Å². The Hall–Kier alpha value is -6.18. The van der Waals surface area contributed by atoms with Crippen LogP contribution < -0.4 is 10.6 Å². The first kappa shape index (κ1) is 41.0. The normalized spacial score (nSPS) is 18.7. The first-order valence-electron chi connectivity index (χ1n) is 20.5. The van der Waals surface area contributed by atoms with Crippen molar-refractivity contribution >= 4 is 34.8 Å². The van der Waals surface area contributed by atoms with Crippen molar-refractivity contribution in [2.24, 2.45) is 11.8 Å². The summed E-state index contributed by atoms with van der Waals surface area (Å²) in [5.41, 5.74) is 5.86. The molecule has 2 bridgehead atoms. The van der Waals surface area contributed by atoms with Crippen LogP contribution >= 0.6 is 0 Å². The number of nitrogens with one attached hydrogen (secondary N) is 4. The summed E-state index contributed by atoms with van der Waals surface area (Å²) in [6.07, 6.45) is 6.04. The molecule has 3 heterocycles. The van der Waals surface area contributed by atoms with Crippen molar-refractivity contribution in [3.05, 3.63) is 84.7 Å². The number of benzene rings is 3. The highest BCUT2D eigenvalue weighted by Gasteiger charge is 2.50. The number of carbonyl (C=O) groups is 4. The molecule has 1 saturated heterocycles. The van der Waals surface area contributed by atoms with E-state index < -0.39 is 24.3 Å². The van der Waals surface area contributed by atoms with E-state index in [1.165, 1.54) is 14.2 Å². The van der Waals surface area contributed by atoms with E-state index >= 15 is 0 Å². The zero-order valence-electron chi connectivity index (χ0n) is 34.7. The summed E-state index contributed by atoms with van der Waals surface area (Å²) in [7, 11) is 2.57. The molecule has 4 N–H and O–H groups in total. The maximum absolute atomic E-state index is 13.7. The predicted octanol–water partition coefficient (Wildman–Crippen LogP) is 7.76. The fraction of sp³-hybridized carbons (Fsp3) is 0.422. The van der Waals surface area contributed by atoms with Gasteiger partial charge in [0.05, 0.1) is 50.1 Å². The van der Waals surface area contributed by atoms with Gasteiger partial charge in [-0.3, -0.25) is 9.59 Å². The van der Waals surface area contributed by atoms with Crippen molar-refractivity contribution in [1.29, 1.82) is 0 Å². The number of aromatic amines is 2. The number of methoxy groups -OCH3 is 2. The number of rotatable bonds is 13. The molecule has 3 aromatic carbocycles. The van der Waals surface area contributed by atoms with Crippen LogP contribution in [0.4, 0.5) is 9.59 Å². The monoisotopic (exact) mass is 802 g/mol. The number of aromatic nitrogens is 4. The molecule has 2 aliphatic rings. The lowest BCUT2D eigenvalue weighted by Crippen LogP contribution is -2.52. The van der Waals surface area contributed by atoms with Crippen molar-refractivity contribution < 1.29 is 28.7 Å². The summed E-state index contributed by atoms with van der Waals surface area (Å²) in [5, 5.41) is 7.52. The summed E-state index contributed by atoms with van der Waals surface area (Å²) in [6, 6.07) is 19.3. The van der Waals surface area contributed by atoms with Crippen molar-refractivity contribution in [2.45, 2.75) is 90.5 Å². The molecule has 7 rings (SSSR count). The fourth-order valence-corrected chi connectivity index (χ4v) is 8.70. The van der Waals surface area contributed by atoms with Gasteiger partial charge in [0.2, 0.25) is 11.8 Å². The van der Waals surface area contributed by atoms with Gasteiger partial charge in [-0.15, -0.1) is 0 Å². The van der Waals surface area contributed by atoms with E-state index in [2.05, 4.69) is 86.2 Å². The van der Waals surface area contributed by atoms with Crippen LogP contribution in [0.1, 0.15) is 84.0 Å². The molecule has 1 aliphatic carbocycles. The number of nitrogens with zero attached hydrogens (tertiary/aromatic N) is 4. The highest BCUT2D eigenvalue weighted by atomic mass is 16.5. The van der Waals surface area contributed by atoms with Crippen LogP contribution in [0.25, 0.3) is 44.4 Å². The largest absolute Gasteiger partial charge is 0.453 e. The molecule has 1 aliphatic heterocycles. The van der Waals surface area contributed by atoms with Crippen LogP contribution in [-0.4, -0.2) is 92.6 Å². The van der Waals surface area contributed by atoms with Gasteiger partial charge in [-0.2, -0.15) is 0 Å². The standard InChI is InChI=1S/C45H54N8O6/c1-8-19-52(43(55)38(25(2)3)51-45(57)59-7)27(5)40-46-23-36(49-40)29-11-9-28(10-12-29)30-13-14-32-21-33(16-15-31(32)20-30)37-24-47-41(50-37)39-34-17-18-35(22-34)53(39)42(54)26(4)48-44(56)58-6/h9-16,20-21,23-27,34-35,38-39H,8,17-19,22H2,1-7H3,(H,46,49)(H,47,50)(H,48,56)(H,51,57)/t26-,27-,34-,35+,38-,39-/m0/s1. The molecule has 5 aromatic rings. The smallest absolute Gasteiger partial charge is 0.407 e. The molecule has 2 aromatic heterocycles. The Morgan fingerprint density at radius 1 is 0.797 bits per heavy atom. The minimum absolute atomic E-state index is 0.126. The third-order valence-corrected chi connectivity index (χ3v) is 11.9. The number of imidazole rings is 2. The third kappa shape index (κ3) is 8.39. The number of amides is 4. The van der Waals surface area contributed by atoms with Gasteiger partial charge in [0.15, 0.2) is 0 Å². The summed E-state index contributed by atoms with van der Waals surface area (Å²) in [4.78, 5) is 71.1. The van der Waals surface area contributed by atoms with Crippen LogP contribution in [0.5, 0.6) is 0 Å². The number of piperidine rings is 1. The number of alkyl carbamates (subject to hydrolysis) is 2. The van der Waals surface area contributed by atoms with E-state index in [9.17, 15) is 19.2 Å². The number of H-pyrrole nitrogens is 2. The van der Waals surface area contributed by atoms with Crippen molar-refractivity contribution in [2.75, 3.05) is 20.8 Å². The predicted molar refractivity (Wildman–Crippen MR) is 225 cm³/mol. The number of carbonyl (C=O) groups excluding carboxylic acids is 4. The molecule has 14 heteroatoms. The molecule has 59 heavy (non-hydrogen) atoms. The lowest BCUT2D eigenvalue weighted by Gasteiger charge is -2.36. The van der Waals surface area contributed by atoms with E-state index in [1.54, 1.807) is 18.0 Å². The molecule has 2 fully saturated rings. The van der Waals surface area contributed by atoms with E-state index in [4.69, 9.17) is 14.5 Å². The van der Waals surface area contributed by atoms with Gasteiger partial charge in [-0.25, -0.2) is 19.6 Å². The zero-order chi connectivity index (χ0) is 42.0. The Bertz CT molecular complexity index is 2320. The Balaban J connectivity index is 1.04. The van der Waals surface area contributed by atoms with Crippen LogP contribution in [0.15, 0.2) is 73.1 Å². The summed E-state index contributed by atoms with van der Waals surface area (Å²) in [5.74, 6) is 1.31. The second-order valence-electron chi connectivity index (χ2n) is 16.1. The average molecular weight is 803 g/mol. The van der Waals surface area contributed by atoms with Crippen LogP contribution in [0.2, 0.25) is 0 Å². The number of hydrogen-bond acceptors (Lipinski definition) is 8. The minimum Gasteiger partial charge on any atom is -0.453 e. The minimum atomic E-state index is -0.724. The van der Waals surface area contributed by atoms with Crippen molar-refractivity contribution in [3.8, 4) is 33.6 Å². The first-order valence-corrected chi connectivity index (χ1v) is 20.5. The summed E-state index contributed by atoms with van der Waals surface area (Å²) < 4.78 is 9.49. The van der Waals surface area contributed by atoms with Gasteiger partial charge in [-0.05, 0) is 91.0 Å². The first-order chi connectivity index (χ1) is 28.4. The SMILES string of the molecule is CCCN(C(=O)[C@@H](NC(=O)OC)C(C)C)[C@@H](C)c1ncc(-c2ccc(-c3ccc4cc(-c5cnc([C@@H]6[C@H]7CC[C@H](C7)N6C(=O)[C@H](C)NC(=O)OC)[nH]5)ccc4c3)cc2)[nH]1. The molecule has 14 nitrogen and oxygen atoms in total. The summed E-state index contributed by atoms with van der Waals surface area (Å²) in [6.45, 7) is 9.94. The molecule has 0 radical (unpaired) electrons. The number of hydrogen-bond donors (Lipinski definition) is 4. The highest BCUT2D eigenvalue weighted by molar-refractivity contribution is 5.91. The van der Waals surface area contributed by atoms with E-state index in [1.807, 2.05) is 38.8 Å². The van der Waals surface area contributed by atoms with Gasteiger partial charge in [0.25, 0.3) is 0 Å². The summed E-state index contributed by atoms with van der Waals surface area (Å²) >= 11 is 0. The number of ether oxygens (including phenoxy) is 2. The molecular formula is C45H54N8O6. The Morgan fingerprint density at radius 3 is 2.08 bits per heavy atom. The molecule has 310 valence electrons. The molecular weight excluding hydrogens is 749 g/mol.